The quantitative estimate of drug-likeness (QED) is 0.635. The van der Waals surface area contributed by atoms with Gasteiger partial charge in [0.05, 0.1) is 39.4 Å². The van der Waals surface area contributed by atoms with Crippen molar-refractivity contribution < 1.29 is 19.2 Å². The Kier molecular flexibility index (Phi) is 6.19. The maximum Gasteiger partial charge on any atom is 0.255 e. The van der Waals surface area contributed by atoms with Crippen molar-refractivity contribution in [1.82, 2.24) is 5.32 Å². The first-order valence-electron chi connectivity index (χ1n) is 10.5. The Bertz CT molecular complexity index is 1010. The Hall–Kier alpha value is -3.05. The monoisotopic (exact) mass is 405 g/mol. The van der Waals surface area contributed by atoms with E-state index in [2.05, 4.69) is 17.4 Å². The molecule has 156 valence electrons. The predicted octanol–water partition coefficient (Wildman–Crippen LogP) is 3.01. The first-order valence-corrected chi connectivity index (χ1v) is 10.5. The van der Waals surface area contributed by atoms with Gasteiger partial charge in [0.2, 0.25) is 0 Å². The third-order valence-electron chi connectivity index (χ3n) is 6.04. The second-order valence-corrected chi connectivity index (χ2v) is 7.80. The number of hydrogen-bond donors (Lipinski definition) is 2. The molecule has 4 rings (SSSR count). The third kappa shape index (κ3) is 4.26. The number of ether oxygens (including phenoxy) is 2. The van der Waals surface area contributed by atoms with Crippen LogP contribution in [0.4, 0.5) is 0 Å². The number of likely N-dealkylation sites (tertiary alicyclic amines) is 1. The van der Waals surface area contributed by atoms with E-state index in [1.54, 1.807) is 14.2 Å². The molecule has 0 bridgehead atoms. The zero-order chi connectivity index (χ0) is 20.9. The van der Waals surface area contributed by atoms with Crippen LogP contribution in [0.5, 0.6) is 11.5 Å². The highest BCUT2D eigenvalue weighted by Crippen LogP contribution is 2.26. The molecule has 1 amide bonds. The number of fused-ring (bicyclic) bond motifs is 1. The number of benzene rings is 3. The topological polar surface area (TPSA) is 52.0 Å². The normalized spacial score (nSPS) is 15.1. The van der Waals surface area contributed by atoms with Crippen molar-refractivity contribution in [2.45, 2.75) is 18.9 Å². The Morgan fingerprint density at radius 1 is 0.967 bits per heavy atom. The molecule has 0 saturated carbocycles. The molecule has 5 heteroatoms. The smallest absolute Gasteiger partial charge is 0.255 e. The average Bonchev–Trinajstić information content (AvgIpc) is 3.33. The molecule has 5 nitrogen and oxygen atoms in total. The number of amides is 1. The lowest BCUT2D eigenvalue weighted by atomic mass is 10.0. The SMILES string of the molecule is COc1ccc([C@@H](CNC(=O)c2cc3ccccc3cc2OC)[NH+]2CCCC2)cc1. The van der Waals surface area contributed by atoms with Gasteiger partial charge in [-0.3, -0.25) is 4.79 Å². The van der Waals surface area contributed by atoms with Crippen LogP contribution in [0.3, 0.4) is 0 Å². The second kappa shape index (κ2) is 9.18. The van der Waals surface area contributed by atoms with Crippen LogP contribution in [-0.4, -0.2) is 39.8 Å². The number of quaternary nitrogens is 1. The molecule has 1 aliphatic heterocycles. The number of rotatable bonds is 7. The van der Waals surface area contributed by atoms with E-state index in [0.29, 0.717) is 17.9 Å². The summed E-state index contributed by atoms with van der Waals surface area (Å²) in [5, 5.41) is 5.26. The van der Waals surface area contributed by atoms with Crippen molar-refractivity contribution in [2.24, 2.45) is 0 Å². The predicted molar refractivity (Wildman–Crippen MR) is 118 cm³/mol. The summed E-state index contributed by atoms with van der Waals surface area (Å²) in [6.45, 7) is 2.84. The number of carbonyl (C=O) groups is 1. The molecule has 0 aromatic heterocycles. The van der Waals surface area contributed by atoms with Crippen molar-refractivity contribution in [2.75, 3.05) is 33.9 Å². The second-order valence-electron chi connectivity index (χ2n) is 7.80. The molecule has 0 unspecified atom stereocenters. The van der Waals surface area contributed by atoms with Crippen LogP contribution in [0.1, 0.15) is 34.8 Å². The van der Waals surface area contributed by atoms with Gasteiger partial charge in [-0.2, -0.15) is 0 Å². The molecule has 2 N–H and O–H groups in total. The Morgan fingerprint density at radius 2 is 1.63 bits per heavy atom. The van der Waals surface area contributed by atoms with Gasteiger partial charge in [0.15, 0.2) is 0 Å². The molecule has 3 aromatic rings. The molecular weight excluding hydrogens is 376 g/mol. The zero-order valence-electron chi connectivity index (χ0n) is 17.6. The van der Waals surface area contributed by atoms with Crippen LogP contribution in [-0.2, 0) is 0 Å². The van der Waals surface area contributed by atoms with Gasteiger partial charge in [0.1, 0.15) is 17.5 Å². The van der Waals surface area contributed by atoms with Crippen molar-refractivity contribution in [1.29, 1.82) is 0 Å². The summed E-state index contributed by atoms with van der Waals surface area (Å²) in [7, 11) is 3.28. The van der Waals surface area contributed by atoms with Gasteiger partial charge < -0.3 is 19.7 Å². The maximum absolute atomic E-state index is 13.1. The van der Waals surface area contributed by atoms with E-state index in [1.807, 2.05) is 48.5 Å². The van der Waals surface area contributed by atoms with Gasteiger partial charge in [-0.05, 0) is 47.2 Å². The van der Waals surface area contributed by atoms with Crippen LogP contribution < -0.4 is 19.7 Å². The molecular formula is C25H29N2O3+. The van der Waals surface area contributed by atoms with E-state index < -0.39 is 0 Å². The first-order chi connectivity index (χ1) is 14.7. The van der Waals surface area contributed by atoms with Gasteiger partial charge in [-0.1, -0.05) is 24.3 Å². The van der Waals surface area contributed by atoms with Gasteiger partial charge in [0.25, 0.3) is 5.91 Å². The van der Waals surface area contributed by atoms with Crippen molar-refractivity contribution in [3.05, 3.63) is 71.8 Å². The van der Waals surface area contributed by atoms with Crippen LogP contribution in [0.2, 0.25) is 0 Å². The summed E-state index contributed by atoms with van der Waals surface area (Å²) in [4.78, 5) is 14.6. The summed E-state index contributed by atoms with van der Waals surface area (Å²) in [5.74, 6) is 1.34. The largest absolute Gasteiger partial charge is 0.497 e. The minimum Gasteiger partial charge on any atom is -0.497 e. The highest BCUT2D eigenvalue weighted by Gasteiger charge is 2.28. The fourth-order valence-electron chi connectivity index (χ4n) is 4.37. The Balaban J connectivity index is 1.55. The van der Waals surface area contributed by atoms with Crippen molar-refractivity contribution in [3.8, 4) is 11.5 Å². The lowest BCUT2D eigenvalue weighted by molar-refractivity contribution is -0.918. The number of hydrogen-bond acceptors (Lipinski definition) is 3. The standard InChI is InChI=1S/C25H28N2O3/c1-29-21-11-9-18(10-12-21)23(27-13-5-6-14-27)17-26-25(28)22-15-19-7-3-4-8-20(19)16-24(22)30-2/h3-4,7-12,15-16,23H,5-6,13-14,17H2,1-2H3,(H,26,28)/p+1/t23-/m1/s1. The van der Waals surface area contributed by atoms with E-state index in [-0.39, 0.29) is 11.9 Å². The molecule has 30 heavy (non-hydrogen) atoms. The summed E-state index contributed by atoms with van der Waals surface area (Å²) >= 11 is 0. The number of nitrogens with one attached hydrogen (secondary N) is 2. The van der Waals surface area contributed by atoms with Crippen molar-refractivity contribution >= 4 is 16.7 Å². The third-order valence-corrected chi connectivity index (χ3v) is 6.04. The minimum atomic E-state index is -0.102. The number of carbonyl (C=O) groups excluding carboxylic acids is 1. The van der Waals surface area contributed by atoms with Gasteiger partial charge in [-0.25, -0.2) is 0 Å². The van der Waals surface area contributed by atoms with Crippen LogP contribution >= 0.6 is 0 Å². The fraction of sp³-hybridized carbons (Fsp3) is 0.320. The highest BCUT2D eigenvalue weighted by atomic mass is 16.5. The van der Waals surface area contributed by atoms with Crippen LogP contribution in [0.25, 0.3) is 10.8 Å². The lowest BCUT2D eigenvalue weighted by Gasteiger charge is -2.25. The highest BCUT2D eigenvalue weighted by molar-refractivity contribution is 6.01. The van der Waals surface area contributed by atoms with Gasteiger partial charge >= 0.3 is 0 Å². The molecule has 0 radical (unpaired) electrons. The molecule has 0 spiro atoms. The Morgan fingerprint density at radius 3 is 2.27 bits per heavy atom. The first kappa shape index (κ1) is 20.2. The minimum absolute atomic E-state index is 0.102. The summed E-state index contributed by atoms with van der Waals surface area (Å²) in [6.07, 6.45) is 2.46. The van der Waals surface area contributed by atoms with Crippen LogP contribution in [0.15, 0.2) is 60.7 Å². The van der Waals surface area contributed by atoms with E-state index in [4.69, 9.17) is 9.47 Å². The van der Waals surface area contributed by atoms with Crippen molar-refractivity contribution in [3.63, 3.8) is 0 Å². The average molecular weight is 406 g/mol. The molecule has 3 aromatic carbocycles. The summed E-state index contributed by atoms with van der Waals surface area (Å²) < 4.78 is 10.8. The summed E-state index contributed by atoms with van der Waals surface area (Å²) in [5.41, 5.74) is 1.79. The van der Waals surface area contributed by atoms with E-state index >= 15 is 0 Å². The molecule has 1 atom stereocenters. The van der Waals surface area contributed by atoms with E-state index in [9.17, 15) is 4.79 Å². The molecule has 0 aliphatic carbocycles. The molecule has 1 fully saturated rings. The molecule has 1 saturated heterocycles. The van der Waals surface area contributed by atoms with E-state index in [0.717, 1.165) is 29.6 Å². The lowest BCUT2D eigenvalue weighted by Crippen LogP contribution is -3.11. The van der Waals surface area contributed by atoms with Gasteiger partial charge in [0, 0.05) is 18.4 Å². The zero-order valence-corrected chi connectivity index (χ0v) is 17.6. The van der Waals surface area contributed by atoms with E-state index in [1.165, 1.54) is 23.3 Å². The van der Waals surface area contributed by atoms with Gasteiger partial charge in [-0.15, -0.1) is 0 Å². The maximum atomic E-state index is 13.1. The van der Waals surface area contributed by atoms with Crippen LogP contribution in [0, 0.1) is 0 Å². The molecule has 1 aliphatic rings. The Labute approximate surface area is 177 Å². The summed E-state index contributed by atoms with van der Waals surface area (Å²) in [6, 6.07) is 20.3. The molecule has 1 heterocycles. The fourth-order valence-corrected chi connectivity index (χ4v) is 4.37. The number of methoxy groups -OCH3 is 2.